The highest BCUT2D eigenvalue weighted by Crippen LogP contribution is 2.43. The molecule has 0 bridgehead atoms. The SMILES string of the molecule is C=C(C)N1CC2(C1)CN(c1ccc(CNc3ccc(OCc4ccc(C(F)(F)F)nc4)nn3)cc1F)C2. The Morgan fingerprint density at radius 1 is 1.05 bits per heavy atom. The van der Waals surface area contributed by atoms with E-state index >= 15 is 0 Å². The number of ether oxygens (including phenoxy) is 1. The van der Waals surface area contributed by atoms with Crippen molar-refractivity contribution in [2.45, 2.75) is 26.3 Å². The van der Waals surface area contributed by atoms with Gasteiger partial charge in [-0.2, -0.15) is 13.2 Å². The van der Waals surface area contributed by atoms with Gasteiger partial charge in [0.25, 0.3) is 0 Å². The van der Waals surface area contributed by atoms with Gasteiger partial charge in [0.15, 0.2) is 0 Å². The second-order valence-electron chi connectivity index (χ2n) is 9.68. The van der Waals surface area contributed by atoms with E-state index in [0.29, 0.717) is 23.6 Å². The van der Waals surface area contributed by atoms with Crippen LogP contribution in [0, 0.1) is 11.2 Å². The molecule has 194 valence electrons. The van der Waals surface area contributed by atoms with Gasteiger partial charge in [-0.15, -0.1) is 10.2 Å². The maximum atomic E-state index is 14.8. The van der Waals surface area contributed by atoms with Gasteiger partial charge in [0.2, 0.25) is 5.88 Å². The highest BCUT2D eigenvalue weighted by Gasteiger charge is 2.52. The Morgan fingerprint density at radius 2 is 1.81 bits per heavy atom. The minimum absolute atomic E-state index is 0.00249. The number of rotatable bonds is 8. The molecule has 1 aromatic carbocycles. The van der Waals surface area contributed by atoms with E-state index in [-0.39, 0.29) is 23.7 Å². The Morgan fingerprint density at radius 3 is 2.41 bits per heavy atom. The zero-order valence-electron chi connectivity index (χ0n) is 20.2. The quantitative estimate of drug-likeness (QED) is 0.430. The average Bonchev–Trinajstić information content (AvgIpc) is 2.81. The van der Waals surface area contributed by atoms with Gasteiger partial charge in [0, 0.05) is 61.7 Å². The van der Waals surface area contributed by atoms with Gasteiger partial charge in [-0.1, -0.05) is 18.7 Å². The van der Waals surface area contributed by atoms with Gasteiger partial charge in [0.05, 0.1) is 5.69 Å². The van der Waals surface area contributed by atoms with Crippen molar-refractivity contribution in [3.05, 3.63) is 83.6 Å². The predicted molar refractivity (Wildman–Crippen MR) is 130 cm³/mol. The number of anilines is 2. The molecule has 11 heteroatoms. The van der Waals surface area contributed by atoms with Crippen LogP contribution in [0.25, 0.3) is 0 Å². The number of aromatic nitrogens is 3. The molecular weight excluding hydrogens is 488 g/mol. The normalized spacial score (nSPS) is 16.2. The molecule has 2 fully saturated rings. The number of alkyl halides is 3. The lowest BCUT2D eigenvalue weighted by Crippen LogP contribution is -2.71. The Bertz CT molecular complexity index is 1270. The Kier molecular flexibility index (Phi) is 6.38. The number of nitrogens with one attached hydrogen (secondary N) is 1. The summed E-state index contributed by atoms with van der Waals surface area (Å²) in [6, 6.07) is 10.7. The molecule has 0 saturated carbocycles. The molecule has 3 aromatic rings. The minimum atomic E-state index is -4.48. The first kappa shape index (κ1) is 24.8. The molecule has 0 aliphatic carbocycles. The summed E-state index contributed by atoms with van der Waals surface area (Å²) >= 11 is 0. The molecule has 0 radical (unpaired) electrons. The van der Waals surface area contributed by atoms with Gasteiger partial charge >= 0.3 is 6.18 Å². The first-order chi connectivity index (χ1) is 17.6. The van der Waals surface area contributed by atoms with Crippen molar-refractivity contribution >= 4 is 11.5 Å². The van der Waals surface area contributed by atoms with Gasteiger partial charge in [-0.3, -0.25) is 4.98 Å². The van der Waals surface area contributed by atoms with E-state index in [1.807, 2.05) is 19.1 Å². The number of nitrogens with zero attached hydrogens (tertiary/aromatic N) is 5. The summed E-state index contributed by atoms with van der Waals surface area (Å²) in [7, 11) is 0. The molecule has 37 heavy (non-hydrogen) atoms. The van der Waals surface area contributed by atoms with Crippen LogP contribution >= 0.6 is 0 Å². The number of halogens is 4. The lowest BCUT2D eigenvalue weighted by Gasteiger charge is -2.61. The Hall–Kier alpha value is -3.89. The molecule has 0 amide bonds. The van der Waals surface area contributed by atoms with Gasteiger partial charge < -0.3 is 19.9 Å². The van der Waals surface area contributed by atoms with Crippen LogP contribution < -0.4 is 15.0 Å². The van der Waals surface area contributed by atoms with Crippen molar-refractivity contribution in [2.24, 2.45) is 5.41 Å². The van der Waals surface area contributed by atoms with E-state index in [0.717, 1.165) is 49.7 Å². The fourth-order valence-corrected chi connectivity index (χ4v) is 4.60. The van der Waals surface area contributed by atoms with Crippen molar-refractivity contribution in [1.29, 1.82) is 0 Å². The fourth-order valence-electron chi connectivity index (χ4n) is 4.60. The summed E-state index contributed by atoms with van der Waals surface area (Å²) in [6.07, 6.45) is -3.37. The largest absolute Gasteiger partial charge is 0.472 e. The summed E-state index contributed by atoms with van der Waals surface area (Å²) < 4.78 is 58.0. The first-order valence-electron chi connectivity index (χ1n) is 11.8. The van der Waals surface area contributed by atoms with E-state index in [1.54, 1.807) is 12.1 Å². The molecule has 2 aliphatic heterocycles. The number of allylic oxidation sites excluding steroid dienone is 1. The number of benzene rings is 1. The highest BCUT2D eigenvalue weighted by atomic mass is 19.4. The number of likely N-dealkylation sites (tertiary alicyclic amines) is 1. The fraction of sp³-hybridized carbons (Fsp3) is 0.346. The second-order valence-corrected chi connectivity index (χ2v) is 9.68. The lowest BCUT2D eigenvalue weighted by molar-refractivity contribution is -0.141. The Labute approximate surface area is 211 Å². The summed E-state index contributed by atoms with van der Waals surface area (Å²) in [4.78, 5) is 7.72. The van der Waals surface area contributed by atoms with Crippen molar-refractivity contribution < 1.29 is 22.3 Å². The zero-order chi connectivity index (χ0) is 26.2. The molecule has 1 N–H and O–H groups in total. The van der Waals surface area contributed by atoms with Crippen LogP contribution in [0.1, 0.15) is 23.7 Å². The number of hydrogen-bond acceptors (Lipinski definition) is 7. The Balaban J connectivity index is 1.08. The topological polar surface area (TPSA) is 66.4 Å². The summed E-state index contributed by atoms with van der Waals surface area (Å²) in [5.74, 6) is 0.439. The average molecular weight is 515 g/mol. The molecule has 5 rings (SSSR count). The summed E-state index contributed by atoms with van der Waals surface area (Å²) in [6.45, 7) is 10.0. The van der Waals surface area contributed by atoms with Crippen LogP contribution in [0.15, 0.2) is 60.9 Å². The molecule has 1 spiro atoms. The molecule has 0 unspecified atom stereocenters. The van der Waals surface area contributed by atoms with E-state index in [9.17, 15) is 17.6 Å². The van der Waals surface area contributed by atoms with Crippen molar-refractivity contribution in [1.82, 2.24) is 20.1 Å². The molecule has 2 saturated heterocycles. The van der Waals surface area contributed by atoms with Gasteiger partial charge in [-0.25, -0.2) is 4.39 Å². The second kappa shape index (κ2) is 9.53. The molecule has 7 nitrogen and oxygen atoms in total. The van der Waals surface area contributed by atoms with Crippen LogP contribution in [-0.4, -0.2) is 46.3 Å². The smallest absolute Gasteiger partial charge is 0.433 e. The van der Waals surface area contributed by atoms with Crippen LogP contribution in [0.2, 0.25) is 0 Å². The van der Waals surface area contributed by atoms with E-state index in [1.165, 1.54) is 12.1 Å². The molecule has 2 aliphatic rings. The molecular formula is C26H26F4N6O. The molecule has 4 heterocycles. The van der Waals surface area contributed by atoms with Crippen LogP contribution in [0.3, 0.4) is 0 Å². The summed E-state index contributed by atoms with van der Waals surface area (Å²) in [5.41, 5.74) is 2.23. The third-order valence-electron chi connectivity index (χ3n) is 6.61. The van der Waals surface area contributed by atoms with Gasteiger partial charge in [0.1, 0.15) is 23.9 Å². The van der Waals surface area contributed by atoms with Gasteiger partial charge in [-0.05, 0) is 36.8 Å². The first-order valence-corrected chi connectivity index (χ1v) is 11.8. The van der Waals surface area contributed by atoms with Crippen molar-refractivity contribution in [2.75, 3.05) is 36.4 Å². The number of hydrogen-bond donors (Lipinski definition) is 1. The highest BCUT2D eigenvalue weighted by molar-refractivity contribution is 5.53. The predicted octanol–water partition coefficient (Wildman–Crippen LogP) is 4.88. The van der Waals surface area contributed by atoms with E-state index < -0.39 is 11.9 Å². The maximum Gasteiger partial charge on any atom is 0.433 e. The van der Waals surface area contributed by atoms with Crippen molar-refractivity contribution in [3.8, 4) is 5.88 Å². The minimum Gasteiger partial charge on any atom is -0.472 e. The zero-order valence-corrected chi connectivity index (χ0v) is 20.2. The van der Waals surface area contributed by atoms with Crippen molar-refractivity contribution in [3.63, 3.8) is 0 Å². The monoisotopic (exact) mass is 514 g/mol. The summed E-state index contributed by atoms with van der Waals surface area (Å²) in [5, 5.41) is 11.1. The maximum absolute atomic E-state index is 14.8. The van der Waals surface area contributed by atoms with Crippen LogP contribution in [0.5, 0.6) is 5.88 Å². The lowest BCUT2D eigenvalue weighted by atomic mass is 9.72. The molecule has 2 aromatic heterocycles. The standard InChI is InChI=1S/C26H26F4N6O/c1-17(2)35-13-25(14-35)15-36(16-25)21-5-3-18(9-20(21)27)10-32-23-7-8-24(34-33-23)37-12-19-4-6-22(31-11-19)26(28,29)30/h3-9,11H,1,10,12-16H2,2H3,(H,32,33). The van der Waals surface area contributed by atoms with E-state index in [4.69, 9.17) is 4.74 Å². The van der Waals surface area contributed by atoms with Crippen LogP contribution in [-0.2, 0) is 19.3 Å². The van der Waals surface area contributed by atoms with E-state index in [2.05, 4.69) is 36.9 Å². The third kappa shape index (κ3) is 5.45. The van der Waals surface area contributed by atoms with Crippen LogP contribution in [0.4, 0.5) is 29.1 Å². The molecule has 0 atom stereocenters. The third-order valence-corrected chi connectivity index (χ3v) is 6.61. The number of pyridine rings is 1.